The number of nitrogens with one attached hydrogen (secondary N) is 1. The van der Waals surface area contributed by atoms with Crippen LogP contribution in [0.3, 0.4) is 0 Å². The summed E-state index contributed by atoms with van der Waals surface area (Å²) in [6.45, 7) is 2.00. The van der Waals surface area contributed by atoms with Gasteiger partial charge in [0.25, 0.3) is 5.91 Å². The predicted octanol–water partition coefficient (Wildman–Crippen LogP) is 3.93. The van der Waals surface area contributed by atoms with Crippen molar-refractivity contribution in [3.63, 3.8) is 0 Å². The Morgan fingerprint density at radius 2 is 1.82 bits per heavy atom. The minimum atomic E-state index is -0.579. The minimum Gasteiger partial charge on any atom is -0.325 e. The van der Waals surface area contributed by atoms with E-state index in [9.17, 15) is 9.59 Å². The van der Waals surface area contributed by atoms with Crippen LogP contribution in [0.5, 0.6) is 0 Å². The molecule has 1 aliphatic carbocycles. The van der Waals surface area contributed by atoms with E-state index in [1.807, 2.05) is 61.5 Å². The maximum absolute atomic E-state index is 13.2. The molecule has 2 aromatic rings. The molecule has 1 saturated carbocycles. The molecule has 0 bridgehead atoms. The Balaban J connectivity index is 1.58. The number of amides is 2. The Morgan fingerprint density at radius 3 is 2.54 bits per heavy atom. The lowest BCUT2D eigenvalue weighted by atomic mass is 9.88. The average molecular weight is 375 g/mol. The number of rotatable bonds is 4. The summed E-state index contributed by atoms with van der Waals surface area (Å²) in [5.74, 6) is -0.332. The third-order valence-electron chi connectivity index (χ3n) is 5.58. The molecule has 0 saturated heterocycles. The van der Waals surface area contributed by atoms with Crippen molar-refractivity contribution in [3.8, 4) is 0 Å². The van der Waals surface area contributed by atoms with Gasteiger partial charge in [-0.3, -0.25) is 14.6 Å². The van der Waals surface area contributed by atoms with Crippen molar-refractivity contribution in [3.05, 3.63) is 65.7 Å². The third-order valence-corrected chi connectivity index (χ3v) is 5.58. The van der Waals surface area contributed by atoms with E-state index in [4.69, 9.17) is 4.99 Å². The number of benzene rings is 2. The molecule has 0 radical (unpaired) electrons. The average Bonchev–Trinajstić information content (AvgIpc) is 2.95. The molecule has 1 heterocycles. The molecule has 1 spiro atoms. The second-order valence-electron chi connectivity index (χ2n) is 7.68. The van der Waals surface area contributed by atoms with Crippen molar-refractivity contribution in [1.82, 2.24) is 4.90 Å². The van der Waals surface area contributed by atoms with Crippen LogP contribution in [-0.2, 0) is 9.59 Å². The van der Waals surface area contributed by atoms with Crippen molar-refractivity contribution in [2.75, 3.05) is 11.9 Å². The van der Waals surface area contributed by atoms with Gasteiger partial charge < -0.3 is 10.2 Å². The molecule has 5 heteroatoms. The van der Waals surface area contributed by atoms with Crippen molar-refractivity contribution in [2.24, 2.45) is 4.99 Å². The SMILES string of the molecule is Cc1cccc(NC(=O)CN2C(=O)C(c3ccccc3)=NC23CCCCC3)c1. The van der Waals surface area contributed by atoms with Gasteiger partial charge in [0.1, 0.15) is 17.9 Å². The summed E-state index contributed by atoms with van der Waals surface area (Å²) >= 11 is 0. The van der Waals surface area contributed by atoms with E-state index in [0.29, 0.717) is 5.71 Å². The maximum Gasteiger partial charge on any atom is 0.275 e. The number of nitrogens with zero attached hydrogens (tertiary/aromatic N) is 2. The molecule has 1 N–H and O–H groups in total. The molecule has 0 atom stereocenters. The van der Waals surface area contributed by atoms with Gasteiger partial charge in [0, 0.05) is 11.3 Å². The first kappa shape index (κ1) is 18.4. The molecule has 0 unspecified atom stereocenters. The fraction of sp³-hybridized carbons (Fsp3) is 0.348. The smallest absolute Gasteiger partial charge is 0.275 e. The first-order valence-electron chi connectivity index (χ1n) is 9.91. The van der Waals surface area contributed by atoms with E-state index in [0.717, 1.165) is 48.9 Å². The zero-order chi connectivity index (χ0) is 19.6. The Labute approximate surface area is 165 Å². The van der Waals surface area contributed by atoms with Gasteiger partial charge in [-0.05, 0) is 50.3 Å². The second kappa shape index (κ2) is 7.58. The van der Waals surface area contributed by atoms with E-state index in [-0.39, 0.29) is 18.4 Å². The van der Waals surface area contributed by atoms with Crippen LogP contribution >= 0.6 is 0 Å². The fourth-order valence-corrected chi connectivity index (χ4v) is 4.20. The summed E-state index contributed by atoms with van der Waals surface area (Å²) in [7, 11) is 0. The summed E-state index contributed by atoms with van der Waals surface area (Å²) < 4.78 is 0. The molecule has 0 aromatic heterocycles. The molecule has 1 aliphatic heterocycles. The van der Waals surface area contributed by atoms with Gasteiger partial charge in [-0.25, -0.2) is 0 Å². The largest absolute Gasteiger partial charge is 0.325 e. The van der Waals surface area contributed by atoms with Crippen LogP contribution in [0.1, 0.15) is 43.2 Å². The highest BCUT2D eigenvalue weighted by Crippen LogP contribution is 2.39. The monoisotopic (exact) mass is 375 g/mol. The number of anilines is 1. The highest BCUT2D eigenvalue weighted by Gasteiger charge is 2.48. The first-order valence-corrected chi connectivity index (χ1v) is 9.91. The Kier molecular flexibility index (Phi) is 4.99. The van der Waals surface area contributed by atoms with E-state index in [1.54, 1.807) is 4.90 Å². The van der Waals surface area contributed by atoms with Gasteiger partial charge in [-0.15, -0.1) is 0 Å². The Hall–Kier alpha value is -2.95. The summed E-state index contributed by atoms with van der Waals surface area (Å²) in [6, 6.07) is 17.2. The quantitative estimate of drug-likeness (QED) is 0.880. The van der Waals surface area contributed by atoms with Gasteiger partial charge in [0.15, 0.2) is 0 Å². The number of carbonyl (C=O) groups excluding carboxylic acids is 2. The van der Waals surface area contributed by atoms with Crippen molar-refractivity contribution in [1.29, 1.82) is 0 Å². The van der Waals surface area contributed by atoms with Crippen LogP contribution < -0.4 is 5.32 Å². The number of aliphatic imine (C=N–C) groups is 1. The number of carbonyl (C=O) groups is 2. The van der Waals surface area contributed by atoms with Gasteiger partial charge in [0.05, 0.1) is 0 Å². The highest BCUT2D eigenvalue weighted by molar-refractivity contribution is 6.47. The molecule has 144 valence electrons. The van der Waals surface area contributed by atoms with Crippen molar-refractivity contribution < 1.29 is 9.59 Å². The van der Waals surface area contributed by atoms with Crippen LogP contribution in [0, 0.1) is 6.92 Å². The molecule has 2 aromatic carbocycles. The van der Waals surface area contributed by atoms with Gasteiger partial charge in [0.2, 0.25) is 5.91 Å². The van der Waals surface area contributed by atoms with E-state index < -0.39 is 5.66 Å². The topological polar surface area (TPSA) is 61.8 Å². The maximum atomic E-state index is 13.2. The summed E-state index contributed by atoms with van der Waals surface area (Å²) in [5, 5.41) is 2.92. The second-order valence-corrected chi connectivity index (χ2v) is 7.68. The molecule has 4 rings (SSSR count). The summed E-state index contributed by atoms with van der Waals surface area (Å²) in [6.07, 6.45) is 4.82. The lowest BCUT2D eigenvalue weighted by Crippen LogP contribution is -2.51. The number of hydrogen-bond donors (Lipinski definition) is 1. The van der Waals surface area contributed by atoms with Gasteiger partial charge in [-0.1, -0.05) is 48.9 Å². The summed E-state index contributed by atoms with van der Waals surface area (Å²) in [4.78, 5) is 32.6. The molecule has 1 fully saturated rings. The lowest BCUT2D eigenvalue weighted by Gasteiger charge is -2.38. The Bertz CT molecular complexity index is 914. The molecule has 5 nitrogen and oxygen atoms in total. The van der Waals surface area contributed by atoms with Crippen LogP contribution in [0.15, 0.2) is 59.6 Å². The van der Waals surface area contributed by atoms with E-state index in [2.05, 4.69) is 5.32 Å². The molecule has 28 heavy (non-hydrogen) atoms. The first-order chi connectivity index (χ1) is 13.6. The minimum absolute atomic E-state index is 0.0204. The van der Waals surface area contributed by atoms with E-state index >= 15 is 0 Å². The zero-order valence-electron chi connectivity index (χ0n) is 16.1. The molecule has 2 aliphatic rings. The van der Waals surface area contributed by atoms with Crippen molar-refractivity contribution in [2.45, 2.75) is 44.7 Å². The van der Waals surface area contributed by atoms with Gasteiger partial charge >= 0.3 is 0 Å². The number of aryl methyl sites for hydroxylation is 1. The van der Waals surface area contributed by atoms with E-state index in [1.165, 1.54) is 0 Å². The standard InChI is InChI=1S/C23H25N3O2/c1-17-9-8-12-19(15-17)24-20(27)16-26-22(28)21(18-10-4-2-5-11-18)25-23(26)13-6-3-7-14-23/h2,4-5,8-12,15H,3,6-7,13-14,16H2,1H3,(H,24,27). The molecular weight excluding hydrogens is 350 g/mol. The van der Waals surface area contributed by atoms with Crippen LogP contribution in [0.4, 0.5) is 5.69 Å². The zero-order valence-corrected chi connectivity index (χ0v) is 16.1. The predicted molar refractivity (Wildman–Crippen MR) is 110 cm³/mol. The van der Waals surface area contributed by atoms with Crippen LogP contribution in [0.2, 0.25) is 0 Å². The van der Waals surface area contributed by atoms with Crippen LogP contribution in [-0.4, -0.2) is 34.6 Å². The highest BCUT2D eigenvalue weighted by atomic mass is 16.2. The lowest BCUT2D eigenvalue weighted by molar-refractivity contribution is -0.134. The Morgan fingerprint density at radius 1 is 1.07 bits per heavy atom. The van der Waals surface area contributed by atoms with Crippen molar-refractivity contribution >= 4 is 23.2 Å². The third kappa shape index (κ3) is 3.57. The van der Waals surface area contributed by atoms with Gasteiger partial charge in [-0.2, -0.15) is 0 Å². The molecular formula is C23H25N3O2. The summed E-state index contributed by atoms with van der Waals surface area (Å²) in [5.41, 5.74) is 2.54. The normalized spacial score (nSPS) is 18.2. The molecule has 2 amide bonds. The number of hydrogen-bond acceptors (Lipinski definition) is 3. The fourth-order valence-electron chi connectivity index (χ4n) is 4.20. The van der Waals surface area contributed by atoms with Crippen LogP contribution in [0.25, 0.3) is 0 Å².